The van der Waals surface area contributed by atoms with E-state index >= 15 is 0 Å². The van der Waals surface area contributed by atoms with Gasteiger partial charge in [-0.25, -0.2) is 4.79 Å². The zero-order chi connectivity index (χ0) is 19.3. The Balaban J connectivity index is 1.57. The van der Waals surface area contributed by atoms with E-state index in [1.54, 1.807) is 15.9 Å². The molecule has 0 N–H and O–H groups in total. The molecule has 0 radical (unpaired) electrons. The number of carbonyl (C=O) groups excluding carboxylic acids is 1. The number of ether oxygens (including phenoxy) is 1. The molecular weight excluding hydrogens is 378 g/mol. The van der Waals surface area contributed by atoms with E-state index in [2.05, 4.69) is 4.37 Å². The van der Waals surface area contributed by atoms with Crippen molar-refractivity contribution < 1.29 is 13.9 Å². The molecule has 0 atom stereocenters. The second-order valence-corrected chi connectivity index (χ2v) is 7.33. The molecule has 28 heavy (non-hydrogen) atoms. The lowest BCUT2D eigenvalue weighted by Gasteiger charge is -2.02. The smallest absolute Gasteiger partial charge is 0.335 e. The van der Waals surface area contributed by atoms with Crippen molar-refractivity contribution in [3.8, 4) is 11.3 Å². The molecule has 0 spiro atoms. The monoisotopic (exact) mass is 395 g/mol. The molecular formula is C20H17N3O4S. The van der Waals surface area contributed by atoms with Gasteiger partial charge in [-0.05, 0) is 24.9 Å². The summed E-state index contributed by atoms with van der Waals surface area (Å²) in [5.74, 6) is 0.474. The second kappa shape index (κ2) is 6.49. The molecule has 142 valence electrons. The summed E-state index contributed by atoms with van der Waals surface area (Å²) in [5.41, 5.74) is 3.68. The lowest BCUT2D eigenvalue weighted by Crippen LogP contribution is -2.21. The Labute approximate surface area is 163 Å². The topological polar surface area (TPSA) is 78.7 Å². The van der Waals surface area contributed by atoms with Gasteiger partial charge in [0.1, 0.15) is 16.0 Å². The second-order valence-electron chi connectivity index (χ2n) is 6.55. The maximum atomic E-state index is 13.1. The zero-order valence-corrected chi connectivity index (χ0v) is 16.0. The molecule has 0 amide bonds. The summed E-state index contributed by atoms with van der Waals surface area (Å²) >= 11 is 1.33. The number of aryl methyl sites for hydroxylation is 1. The normalized spacial score (nSPS) is 11.9. The van der Waals surface area contributed by atoms with E-state index in [9.17, 15) is 9.59 Å². The molecule has 0 saturated carbocycles. The first-order valence-electron chi connectivity index (χ1n) is 9.15. The van der Waals surface area contributed by atoms with E-state index in [4.69, 9.17) is 9.15 Å². The van der Waals surface area contributed by atoms with Crippen LogP contribution in [0.5, 0.6) is 0 Å². The summed E-state index contributed by atoms with van der Waals surface area (Å²) in [6, 6.07) is 11.7. The van der Waals surface area contributed by atoms with Gasteiger partial charge in [0.05, 0.1) is 12.1 Å². The van der Waals surface area contributed by atoms with E-state index < -0.39 is 0 Å². The van der Waals surface area contributed by atoms with E-state index in [1.165, 1.54) is 11.5 Å². The first-order chi connectivity index (χ1) is 13.7. The number of aromatic nitrogens is 3. The summed E-state index contributed by atoms with van der Waals surface area (Å²) in [7, 11) is 0. The van der Waals surface area contributed by atoms with Crippen LogP contribution in [0.2, 0.25) is 0 Å². The van der Waals surface area contributed by atoms with Gasteiger partial charge < -0.3 is 9.15 Å². The number of hydrogen-bond acceptors (Lipinski definition) is 6. The largest absolute Gasteiger partial charge is 0.466 e. The highest BCUT2D eigenvalue weighted by Crippen LogP contribution is 2.38. The fraction of sp³-hybridized carbons (Fsp3) is 0.250. The summed E-state index contributed by atoms with van der Waals surface area (Å²) in [5, 5.41) is 0. The van der Waals surface area contributed by atoms with Gasteiger partial charge in [-0.1, -0.05) is 30.3 Å². The van der Waals surface area contributed by atoms with Crippen molar-refractivity contribution in [1.29, 1.82) is 0 Å². The minimum absolute atomic E-state index is 0.158. The Hall–Kier alpha value is -3.13. The molecule has 0 aliphatic carbocycles. The van der Waals surface area contributed by atoms with Crippen LogP contribution in [0.15, 0.2) is 45.6 Å². The Kier molecular flexibility index (Phi) is 3.94. The van der Waals surface area contributed by atoms with Gasteiger partial charge in [-0.2, -0.15) is 4.37 Å². The Bertz CT molecular complexity index is 1340. The van der Waals surface area contributed by atoms with E-state index in [0.717, 1.165) is 27.1 Å². The van der Waals surface area contributed by atoms with Gasteiger partial charge in [-0.15, -0.1) is 0 Å². The molecule has 4 heterocycles. The predicted octanol–water partition coefficient (Wildman–Crippen LogP) is 3.91. The van der Waals surface area contributed by atoms with Crippen LogP contribution in [0, 0.1) is 0 Å². The van der Waals surface area contributed by atoms with Crippen LogP contribution in [-0.4, -0.2) is 25.9 Å². The number of imidazole rings is 1. The lowest BCUT2D eigenvalue weighted by atomic mass is 10.2. The van der Waals surface area contributed by atoms with Crippen molar-refractivity contribution in [2.24, 2.45) is 0 Å². The SMILES string of the molecule is CCOC(=O)CCCn1c(=O)n2c3cc(-c4ccccc4)oc3c3snc1c32. The molecule has 0 aliphatic rings. The first-order valence-corrected chi connectivity index (χ1v) is 9.93. The van der Waals surface area contributed by atoms with Crippen LogP contribution >= 0.6 is 11.5 Å². The summed E-state index contributed by atoms with van der Waals surface area (Å²) in [6.45, 7) is 2.56. The molecule has 0 bridgehead atoms. The predicted molar refractivity (Wildman–Crippen MR) is 107 cm³/mol. The van der Waals surface area contributed by atoms with E-state index in [0.29, 0.717) is 30.8 Å². The van der Waals surface area contributed by atoms with Crippen molar-refractivity contribution in [3.05, 3.63) is 46.9 Å². The van der Waals surface area contributed by atoms with Crippen molar-refractivity contribution in [1.82, 2.24) is 13.3 Å². The van der Waals surface area contributed by atoms with Gasteiger partial charge >= 0.3 is 11.7 Å². The van der Waals surface area contributed by atoms with Crippen LogP contribution < -0.4 is 5.69 Å². The third-order valence-electron chi connectivity index (χ3n) is 4.84. The number of benzene rings is 1. The van der Waals surface area contributed by atoms with Gasteiger partial charge in [-0.3, -0.25) is 13.8 Å². The van der Waals surface area contributed by atoms with Crippen LogP contribution in [0.4, 0.5) is 0 Å². The molecule has 0 unspecified atom stereocenters. The maximum absolute atomic E-state index is 13.1. The molecule has 8 heteroatoms. The fourth-order valence-electron chi connectivity index (χ4n) is 3.61. The van der Waals surface area contributed by atoms with Crippen LogP contribution in [0.1, 0.15) is 19.8 Å². The molecule has 0 aliphatic heterocycles. The first kappa shape index (κ1) is 17.0. The minimum Gasteiger partial charge on any atom is -0.466 e. The Morgan fingerprint density at radius 1 is 1.29 bits per heavy atom. The third kappa shape index (κ3) is 2.45. The van der Waals surface area contributed by atoms with E-state index in [-0.39, 0.29) is 18.1 Å². The Morgan fingerprint density at radius 2 is 2.11 bits per heavy atom. The molecule has 4 aromatic heterocycles. The number of carbonyl (C=O) groups is 1. The number of furan rings is 1. The zero-order valence-electron chi connectivity index (χ0n) is 15.2. The molecule has 0 saturated heterocycles. The lowest BCUT2D eigenvalue weighted by molar-refractivity contribution is -0.143. The molecule has 5 aromatic rings. The van der Waals surface area contributed by atoms with Crippen LogP contribution in [0.25, 0.3) is 38.3 Å². The van der Waals surface area contributed by atoms with Crippen molar-refractivity contribution >= 4 is 44.5 Å². The average Bonchev–Trinajstić information content (AvgIpc) is 3.41. The molecule has 0 fully saturated rings. The highest BCUT2D eigenvalue weighted by atomic mass is 32.1. The van der Waals surface area contributed by atoms with Crippen LogP contribution in [-0.2, 0) is 16.1 Å². The fourth-order valence-corrected chi connectivity index (χ4v) is 4.47. The van der Waals surface area contributed by atoms with E-state index in [1.807, 2.05) is 36.4 Å². The number of rotatable bonds is 6. The summed E-state index contributed by atoms with van der Waals surface area (Å²) < 4.78 is 19.7. The molecule has 5 rings (SSSR count). The summed E-state index contributed by atoms with van der Waals surface area (Å²) in [4.78, 5) is 24.6. The number of hydrogen-bond donors (Lipinski definition) is 0. The minimum atomic E-state index is -0.248. The third-order valence-corrected chi connectivity index (χ3v) is 5.66. The van der Waals surface area contributed by atoms with Crippen molar-refractivity contribution in [3.63, 3.8) is 0 Å². The standard InChI is InChI=1S/C20H17N3O4S/c1-2-26-15(24)9-6-10-22-19-16-18(28-21-19)17-13(23(16)20(22)25)11-14(27-17)12-7-4-3-5-8-12/h3-5,7-8,11H,2,6,9-10H2,1H3. The number of fused-ring (bicyclic) bond motifs is 3. The van der Waals surface area contributed by atoms with Gasteiger partial charge in [0.15, 0.2) is 11.2 Å². The average molecular weight is 395 g/mol. The number of nitrogens with zero attached hydrogens (tertiary/aromatic N) is 3. The quantitative estimate of drug-likeness (QED) is 0.407. The van der Waals surface area contributed by atoms with Crippen LogP contribution in [0.3, 0.4) is 0 Å². The van der Waals surface area contributed by atoms with Gasteiger partial charge in [0.2, 0.25) is 0 Å². The van der Waals surface area contributed by atoms with Crippen molar-refractivity contribution in [2.75, 3.05) is 6.61 Å². The van der Waals surface area contributed by atoms with Crippen molar-refractivity contribution in [2.45, 2.75) is 26.3 Å². The highest BCUT2D eigenvalue weighted by Gasteiger charge is 2.25. The Morgan fingerprint density at radius 3 is 2.89 bits per heavy atom. The molecule has 7 nitrogen and oxygen atoms in total. The molecule has 1 aromatic carbocycles. The summed E-state index contributed by atoms with van der Waals surface area (Å²) in [6.07, 6.45) is 0.803. The van der Waals surface area contributed by atoms with Gasteiger partial charge in [0.25, 0.3) is 0 Å². The highest BCUT2D eigenvalue weighted by molar-refractivity contribution is 7.15. The number of esters is 1. The maximum Gasteiger partial charge on any atom is 0.335 e. The van der Waals surface area contributed by atoms with Gasteiger partial charge in [0, 0.05) is 24.6 Å².